The number of rotatable bonds is 7. The molecule has 5 nitrogen and oxygen atoms in total. The lowest BCUT2D eigenvalue weighted by Crippen LogP contribution is -2.17. The van der Waals surface area contributed by atoms with Gasteiger partial charge in [0.1, 0.15) is 0 Å². The minimum Gasteiger partial charge on any atom is -0.382 e. The van der Waals surface area contributed by atoms with Gasteiger partial charge in [0.15, 0.2) is 0 Å². The minimum atomic E-state index is 0.428. The lowest BCUT2D eigenvalue weighted by atomic mass is 10.1. The summed E-state index contributed by atoms with van der Waals surface area (Å²) in [5.41, 5.74) is 5.20. The third-order valence-electron chi connectivity index (χ3n) is 2.24. The summed E-state index contributed by atoms with van der Waals surface area (Å²) < 4.78 is 6.71. The van der Waals surface area contributed by atoms with Gasteiger partial charge in [-0.15, -0.1) is 0 Å². The van der Waals surface area contributed by atoms with Crippen molar-refractivity contribution < 1.29 is 9.57 Å². The Balaban J connectivity index is 2.40. The number of nitrogens with one attached hydrogen (secondary N) is 1. The Hall–Kier alpha value is -0.910. The van der Waals surface area contributed by atoms with Crippen molar-refractivity contribution in [2.24, 2.45) is 7.05 Å². The number of hydrogen-bond acceptors (Lipinski definition) is 4. The Morgan fingerprint density at radius 1 is 1.44 bits per heavy atom. The molecule has 0 unspecified atom stereocenters. The van der Waals surface area contributed by atoms with E-state index >= 15 is 0 Å². The van der Waals surface area contributed by atoms with Gasteiger partial charge >= 0.3 is 0 Å². The van der Waals surface area contributed by atoms with Crippen LogP contribution in [0.4, 0.5) is 0 Å². The number of nitrogens with zero attached hydrogens (tertiary/aromatic N) is 2. The number of aromatic nitrogens is 2. The predicted octanol–water partition coefficient (Wildman–Crippen LogP) is 1.21. The number of methoxy groups -OCH3 is 1. The molecule has 1 N–H and O–H groups in total. The summed E-state index contributed by atoms with van der Waals surface area (Å²) in [5.74, 6) is 0.428. The highest BCUT2D eigenvalue weighted by Gasteiger charge is 2.10. The summed E-state index contributed by atoms with van der Waals surface area (Å²) in [6.07, 6.45) is 2.02. The van der Waals surface area contributed by atoms with Crippen LogP contribution < -0.4 is 5.48 Å². The van der Waals surface area contributed by atoms with Crippen molar-refractivity contribution in [3.63, 3.8) is 0 Å². The molecule has 0 bridgehead atoms. The Morgan fingerprint density at radius 2 is 2.19 bits per heavy atom. The summed E-state index contributed by atoms with van der Waals surface area (Å²) in [6.45, 7) is 6.09. The van der Waals surface area contributed by atoms with Crippen LogP contribution in [-0.4, -0.2) is 30.1 Å². The third-order valence-corrected chi connectivity index (χ3v) is 2.24. The zero-order valence-electron chi connectivity index (χ0n) is 10.5. The zero-order chi connectivity index (χ0) is 12.0. The number of ether oxygens (including phenoxy) is 1. The highest BCUT2D eigenvalue weighted by molar-refractivity contribution is 5.19. The van der Waals surface area contributed by atoms with Gasteiger partial charge in [0, 0.05) is 32.5 Å². The van der Waals surface area contributed by atoms with Crippen molar-refractivity contribution in [2.75, 3.05) is 20.3 Å². The summed E-state index contributed by atoms with van der Waals surface area (Å²) in [6, 6.07) is 0. The smallest absolute Gasteiger partial charge is 0.0916 e. The van der Waals surface area contributed by atoms with Crippen LogP contribution in [0.25, 0.3) is 0 Å². The molecule has 5 heteroatoms. The van der Waals surface area contributed by atoms with Crippen molar-refractivity contribution in [3.8, 4) is 0 Å². The molecule has 92 valence electrons. The molecule has 0 amide bonds. The van der Waals surface area contributed by atoms with E-state index in [0.29, 0.717) is 25.7 Å². The Bertz CT molecular complexity index is 310. The van der Waals surface area contributed by atoms with E-state index in [0.717, 1.165) is 5.69 Å². The standard InChI is InChI=1S/C11H21N3O2/c1-9(2)11-10(8-14(3)13-11)7-12-16-6-5-15-4/h8-9,12H,5-7H2,1-4H3. The molecule has 0 radical (unpaired) electrons. The molecule has 0 aliphatic rings. The fraction of sp³-hybridized carbons (Fsp3) is 0.727. The molecule has 1 aromatic rings. The quantitative estimate of drug-likeness (QED) is 0.562. The third kappa shape index (κ3) is 3.92. The van der Waals surface area contributed by atoms with E-state index in [-0.39, 0.29) is 0 Å². The lowest BCUT2D eigenvalue weighted by Gasteiger charge is -2.07. The second-order valence-electron chi connectivity index (χ2n) is 4.03. The first kappa shape index (κ1) is 13.2. The van der Waals surface area contributed by atoms with Gasteiger partial charge in [-0.1, -0.05) is 13.8 Å². The van der Waals surface area contributed by atoms with Crippen LogP contribution in [0.1, 0.15) is 31.0 Å². The van der Waals surface area contributed by atoms with Gasteiger partial charge in [0.05, 0.1) is 18.9 Å². The average molecular weight is 227 g/mol. The summed E-state index contributed by atoms with van der Waals surface area (Å²) in [4.78, 5) is 5.21. The molecule has 0 saturated heterocycles. The second-order valence-corrected chi connectivity index (χ2v) is 4.03. The second kappa shape index (κ2) is 6.62. The van der Waals surface area contributed by atoms with E-state index in [2.05, 4.69) is 24.4 Å². The molecule has 1 rings (SSSR count). The van der Waals surface area contributed by atoms with E-state index < -0.39 is 0 Å². The van der Waals surface area contributed by atoms with Gasteiger partial charge in [0.25, 0.3) is 0 Å². The van der Waals surface area contributed by atoms with Crippen LogP contribution in [0.2, 0.25) is 0 Å². The summed E-state index contributed by atoms with van der Waals surface area (Å²) in [7, 11) is 3.59. The highest BCUT2D eigenvalue weighted by Crippen LogP contribution is 2.16. The predicted molar refractivity (Wildman–Crippen MR) is 62.0 cm³/mol. The van der Waals surface area contributed by atoms with Crippen LogP contribution in [0, 0.1) is 0 Å². The summed E-state index contributed by atoms with van der Waals surface area (Å²) >= 11 is 0. The fourth-order valence-electron chi connectivity index (χ4n) is 1.50. The molecule has 0 aliphatic heterocycles. The molecular weight excluding hydrogens is 206 g/mol. The first-order valence-electron chi connectivity index (χ1n) is 5.51. The number of aryl methyl sites for hydroxylation is 1. The largest absolute Gasteiger partial charge is 0.382 e. The maximum Gasteiger partial charge on any atom is 0.0916 e. The molecule has 0 spiro atoms. The topological polar surface area (TPSA) is 48.3 Å². The van der Waals surface area contributed by atoms with Crippen molar-refractivity contribution in [2.45, 2.75) is 26.3 Å². The molecule has 0 fully saturated rings. The van der Waals surface area contributed by atoms with E-state index in [4.69, 9.17) is 9.57 Å². The first-order chi connectivity index (χ1) is 7.65. The van der Waals surface area contributed by atoms with Gasteiger partial charge < -0.3 is 4.74 Å². The maximum absolute atomic E-state index is 5.21. The molecule has 0 saturated carbocycles. The van der Waals surface area contributed by atoms with E-state index in [9.17, 15) is 0 Å². The Morgan fingerprint density at radius 3 is 2.81 bits per heavy atom. The monoisotopic (exact) mass is 227 g/mol. The van der Waals surface area contributed by atoms with E-state index in [1.807, 2.05) is 17.9 Å². The molecule has 0 atom stereocenters. The van der Waals surface area contributed by atoms with Crippen molar-refractivity contribution in [3.05, 3.63) is 17.5 Å². The fourth-order valence-corrected chi connectivity index (χ4v) is 1.50. The van der Waals surface area contributed by atoms with Gasteiger partial charge in [0.2, 0.25) is 0 Å². The normalized spacial score (nSPS) is 11.3. The highest BCUT2D eigenvalue weighted by atomic mass is 16.7. The molecular formula is C11H21N3O2. The maximum atomic E-state index is 5.21. The number of hydrogen-bond donors (Lipinski definition) is 1. The van der Waals surface area contributed by atoms with Crippen molar-refractivity contribution in [1.29, 1.82) is 0 Å². The number of hydroxylamine groups is 1. The minimum absolute atomic E-state index is 0.428. The Labute approximate surface area is 96.7 Å². The average Bonchev–Trinajstić information content (AvgIpc) is 2.59. The van der Waals surface area contributed by atoms with E-state index in [1.54, 1.807) is 7.11 Å². The van der Waals surface area contributed by atoms with Crippen LogP contribution in [0.15, 0.2) is 6.20 Å². The Kier molecular flexibility index (Phi) is 5.45. The summed E-state index contributed by atoms with van der Waals surface area (Å²) in [5, 5.41) is 4.42. The zero-order valence-corrected chi connectivity index (χ0v) is 10.5. The van der Waals surface area contributed by atoms with Crippen molar-refractivity contribution >= 4 is 0 Å². The first-order valence-corrected chi connectivity index (χ1v) is 5.51. The van der Waals surface area contributed by atoms with Gasteiger partial charge in [-0.05, 0) is 5.92 Å². The molecule has 1 heterocycles. The van der Waals surface area contributed by atoms with Crippen molar-refractivity contribution in [1.82, 2.24) is 15.3 Å². The SMILES string of the molecule is COCCONCc1cn(C)nc1C(C)C. The van der Waals surface area contributed by atoms with Crippen LogP contribution >= 0.6 is 0 Å². The van der Waals surface area contributed by atoms with Gasteiger partial charge in [-0.2, -0.15) is 10.6 Å². The van der Waals surface area contributed by atoms with Gasteiger partial charge in [-0.3, -0.25) is 9.52 Å². The molecule has 0 aromatic carbocycles. The van der Waals surface area contributed by atoms with Crippen LogP contribution in [0.3, 0.4) is 0 Å². The van der Waals surface area contributed by atoms with E-state index in [1.165, 1.54) is 5.56 Å². The molecule has 16 heavy (non-hydrogen) atoms. The lowest BCUT2D eigenvalue weighted by molar-refractivity contribution is 0.00334. The molecule has 0 aliphatic carbocycles. The van der Waals surface area contributed by atoms with Gasteiger partial charge in [-0.25, -0.2) is 0 Å². The molecule has 1 aromatic heterocycles. The van der Waals surface area contributed by atoms with Crippen LogP contribution in [0.5, 0.6) is 0 Å². The van der Waals surface area contributed by atoms with Crippen LogP contribution in [-0.2, 0) is 23.2 Å².